The lowest BCUT2D eigenvalue weighted by atomic mass is 10.1. The van der Waals surface area contributed by atoms with Gasteiger partial charge in [0.05, 0.1) is 6.54 Å². The minimum atomic E-state index is 0. The van der Waals surface area contributed by atoms with E-state index in [1.54, 1.807) is 0 Å². The second kappa shape index (κ2) is 9.12. The quantitative estimate of drug-likeness (QED) is 0.452. The molecule has 0 aromatic heterocycles. The predicted octanol–water partition coefficient (Wildman–Crippen LogP) is 2.82. The number of aliphatic imine (C=N–C) groups is 1. The molecule has 1 heterocycles. The lowest BCUT2D eigenvalue weighted by Crippen LogP contribution is -2.42. The fourth-order valence-corrected chi connectivity index (χ4v) is 2.19. The highest BCUT2D eigenvalue weighted by Crippen LogP contribution is 2.27. The van der Waals surface area contributed by atoms with Gasteiger partial charge in [-0.15, -0.1) is 24.0 Å². The van der Waals surface area contributed by atoms with Crippen LogP contribution in [0, 0.1) is 5.92 Å². The maximum atomic E-state index is 5.92. The number of fused-ring (bicyclic) bond motifs is 1. The Kier molecular flexibility index (Phi) is 7.85. The van der Waals surface area contributed by atoms with Crippen molar-refractivity contribution >= 4 is 29.9 Å². The number of ether oxygens (including phenoxy) is 1. The van der Waals surface area contributed by atoms with Crippen LogP contribution in [0.3, 0.4) is 0 Å². The molecule has 118 valence electrons. The number of hydrogen-bond acceptors (Lipinski definition) is 2. The summed E-state index contributed by atoms with van der Waals surface area (Å²) < 4.78 is 5.92. The monoisotopic (exact) mass is 403 g/mol. The first kappa shape index (κ1) is 18.1. The zero-order chi connectivity index (χ0) is 14.4. The van der Waals surface area contributed by atoms with Gasteiger partial charge >= 0.3 is 0 Å². The molecule has 21 heavy (non-hydrogen) atoms. The Morgan fingerprint density at radius 1 is 1.33 bits per heavy atom. The Morgan fingerprint density at radius 3 is 2.76 bits per heavy atom. The lowest BCUT2D eigenvalue weighted by Gasteiger charge is -2.15. The van der Waals surface area contributed by atoms with E-state index < -0.39 is 0 Å². The summed E-state index contributed by atoms with van der Waals surface area (Å²) in [6, 6.07) is 8.25. The molecule has 0 amide bonds. The van der Waals surface area contributed by atoms with Crippen molar-refractivity contribution in [1.29, 1.82) is 0 Å². The van der Waals surface area contributed by atoms with E-state index in [1.807, 2.05) is 12.1 Å². The second-order valence-corrected chi connectivity index (χ2v) is 5.55. The molecule has 2 rings (SSSR count). The van der Waals surface area contributed by atoms with Crippen LogP contribution in [0.15, 0.2) is 29.3 Å². The van der Waals surface area contributed by atoms with E-state index in [-0.39, 0.29) is 30.1 Å². The number of halogens is 1. The van der Waals surface area contributed by atoms with Gasteiger partial charge in [-0.2, -0.15) is 0 Å². The van der Waals surface area contributed by atoms with Crippen molar-refractivity contribution in [3.8, 4) is 5.75 Å². The van der Waals surface area contributed by atoms with Gasteiger partial charge in [-0.1, -0.05) is 32.0 Å². The van der Waals surface area contributed by atoms with Gasteiger partial charge < -0.3 is 15.4 Å². The number of benzene rings is 1. The summed E-state index contributed by atoms with van der Waals surface area (Å²) >= 11 is 0. The van der Waals surface area contributed by atoms with E-state index in [4.69, 9.17) is 4.74 Å². The van der Waals surface area contributed by atoms with Crippen molar-refractivity contribution in [1.82, 2.24) is 10.6 Å². The second-order valence-electron chi connectivity index (χ2n) is 5.55. The molecule has 5 heteroatoms. The van der Waals surface area contributed by atoms with E-state index in [1.165, 1.54) is 5.56 Å². The van der Waals surface area contributed by atoms with Crippen LogP contribution in [0.2, 0.25) is 0 Å². The van der Waals surface area contributed by atoms with Crippen LogP contribution in [0.1, 0.15) is 26.3 Å². The van der Waals surface area contributed by atoms with E-state index in [0.717, 1.165) is 37.8 Å². The summed E-state index contributed by atoms with van der Waals surface area (Å²) in [6.45, 7) is 8.90. The number of guanidine groups is 1. The van der Waals surface area contributed by atoms with Crippen molar-refractivity contribution in [2.45, 2.75) is 33.3 Å². The lowest BCUT2D eigenvalue weighted by molar-refractivity contribution is 0.235. The fourth-order valence-electron chi connectivity index (χ4n) is 2.19. The smallest absolute Gasteiger partial charge is 0.191 e. The summed E-state index contributed by atoms with van der Waals surface area (Å²) in [5.41, 5.74) is 1.29. The van der Waals surface area contributed by atoms with E-state index in [0.29, 0.717) is 5.92 Å². The molecule has 1 unspecified atom stereocenters. The number of nitrogens with zero attached hydrogens (tertiary/aromatic N) is 1. The summed E-state index contributed by atoms with van der Waals surface area (Å²) in [5.74, 6) is 2.46. The van der Waals surface area contributed by atoms with E-state index >= 15 is 0 Å². The van der Waals surface area contributed by atoms with E-state index in [9.17, 15) is 0 Å². The summed E-state index contributed by atoms with van der Waals surface area (Å²) in [7, 11) is 0. The average Bonchev–Trinajstić information content (AvgIpc) is 2.84. The van der Waals surface area contributed by atoms with Crippen LogP contribution < -0.4 is 15.4 Å². The van der Waals surface area contributed by atoms with Crippen LogP contribution in [-0.4, -0.2) is 31.7 Å². The molecule has 1 aliphatic heterocycles. The first-order valence-electron chi connectivity index (χ1n) is 7.45. The first-order valence-corrected chi connectivity index (χ1v) is 7.45. The highest BCUT2D eigenvalue weighted by molar-refractivity contribution is 14.0. The first-order chi connectivity index (χ1) is 9.69. The Balaban J connectivity index is 0.00000220. The largest absolute Gasteiger partial charge is 0.488 e. The third-order valence-electron chi connectivity index (χ3n) is 3.17. The summed E-state index contributed by atoms with van der Waals surface area (Å²) in [5, 5.41) is 6.63. The van der Waals surface area contributed by atoms with Crippen LogP contribution in [0.5, 0.6) is 5.75 Å². The van der Waals surface area contributed by atoms with Crippen LogP contribution in [0.4, 0.5) is 0 Å². The van der Waals surface area contributed by atoms with E-state index in [2.05, 4.69) is 48.5 Å². The molecule has 1 aliphatic rings. The molecule has 0 aliphatic carbocycles. The Labute approximate surface area is 144 Å². The van der Waals surface area contributed by atoms with Crippen molar-refractivity contribution in [3.63, 3.8) is 0 Å². The average molecular weight is 403 g/mol. The predicted molar refractivity (Wildman–Crippen MR) is 98.8 cm³/mol. The molecule has 0 spiro atoms. The van der Waals surface area contributed by atoms with Gasteiger partial charge in [0.15, 0.2) is 5.96 Å². The minimum absolute atomic E-state index is 0. The summed E-state index contributed by atoms with van der Waals surface area (Å²) in [4.78, 5) is 4.56. The molecule has 0 radical (unpaired) electrons. The van der Waals surface area contributed by atoms with Crippen LogP contribution >= 0.6 is 24.0 Å². The van der Waals surface area contributed by atoms with Crippen molar-refractivity contribution in [2.24, 2.45) is 10.9 Å². The van der Waals surface area contributed by atoms with Crippen LogP contribution in [-0.2, 0) is 6.42 Å². The Hall–Kier alpha value is -0.980. The molecule has 0 saturated heterocycles. The van der Waals surface area contributed by atoms with Crippen LogP contribution in [0.25, 0.3) is 0 Å². The SMILES string of the molecule is CCNC(=NCC(C)C)NCC1Cc2ccccc2O1.I. The van der Waals surface area contributed by atoms with Gasteiger partial charge in [0.2, 0.25) is 0 Å². The number of hydrogen-bond donors (Lipinski definition) is 2. The molecule has 0 fully saturated rings. The fraction of sp³-hybridized carbons (Fsp3) is 0.562. The highest BCUT2D eigenvalue weighted by atomic mass is 127. The molecule has 4 nitrogen and oxygen atoms in total. The van der Waals surface area contributed by atoms with Gasteiger partial charge in [0.1, 0.15) is 11.9 Å². The van der Waals surface area contributed by atoms with Crippen molar-refractivity contribution in [2.75, 3.05) is 19.6 Å². The molecular formula is C16H26IN3O. The third-order valence-corrected chi connectivity index (χ3v) is 3.17. The maximum Gasteiger partial charge on any atom is 0.191 e. The normalized spacial score (nSPS) is 17.0. The molecule has 1 aromatic carbocycles. The highest BCUT2D eigenvalue weighted by Gasteiger charge is 2.22. The topological polar surface area (TPSA) is 45.7 Å². The summed E-state index contributed by atoms with van der Waals surface area (Å²) in [6.07, 6.45) is 1.16. The molecular weight excluding hydrogens is 377 g/mol. The maximum absolute atomic E-state index is 5.92. The van der Waals surface area contributed by atoms with Gasteiger partial charge in [-0.25, -0.2) is 0 Å². The Bertz CT molecular complexity index is 438. The standard InChI is InChI=1S/C16H25N3O.HI/c1-4-17-16(18-10-12(2)3)19-11-14-9-13-7-5-6-8-15(13)20-14;/h5-8,12,14H,4,9-11H2,1-3H3,(H2,17,18,19);1H. The molecule has 2 N–H and O–H groups in total. The van der Waals surface area contributed by atoms with Crippen molar-refractivity contribution in [3.05, 3.63) is 29.8 Å². The molecule has 0 saturated carbocycles. The number of rotatable bonds is 5. The Morgan fingerprint density at radius 2 is 2.10 bits per heavy atom. The third kappa shape index (κ3) is 5.73. The molecule has 0 bridgehead atoms. The van der Waals surface area contributed by atoms with Gasteiger partial charge in [0, 0.05) is 19.5 Å². The molecule has 1 aromatic rings. The molecule has 1 atom stereocenters. The number of para-hydroxylation sites is 1. The zero-order valence-corrected chi connectivity index (χ0v) is 15.4. The van der Waals surface area contributed by atoms with Gasteiger partial charge in [-0.05, 0) is 24.5 Å². The minimum Gasteiger partial charge on any atom is -0.488 e. The zero-order valence-electron chi connectivity index (χ0n) is 13.1. The van der Waals surface area contributed by atoms with Crippen molar-refractivity contribution < 1.29 is 4.74 Å². The van der Waals surface area contributed by atoms with Gasteiger partial charge in [-0.3, -0.25) is 4.99 Å². The number of nitrogens with one attached hydrogen (secondary N) is 2. The van der Waals surface area contributed by atoms with Gasteiger partial charge in [0.25, 0.3) is 0 Å².